The monoisotopic (exact) mass is 487 g/mol. The lowest BCUT2D eigenvalue weighted by Gasteiger charge is -2.26. The fraction of sp³-hybridized carbons (Fsp3) is 0.238. The van der Waals surface area contributed by atoms with E-state index < -0.39 is 14.9 Å². The van der Waals surface area contributed by atoms with Gasteiger partial charge in [0.1, 0.15) is 0 Å². The number of nitro groups is 1. The molecule has 10 nitrogen and oxygen atoms in total. The normalized spacial score (nSPS) is 14.5. The van der Waals surface area contributed by atoms with Crippen molar-refractivity contribution in [1.29, 1.82) is 0 Å². The van der Waals surface area contributed by atoms with Gasteiger partial charge in [0.05, 0.1) is 39.8 Å². The number of sulfonamides is 1. The van der Waals surface area contributed by atoms with Crippen molar-refractivity contribution in [3.63, 3.8) is 0 Å². The summed E-state index contributed by atoms with van der Waals surface area (Å²) in [5.41, 5.74) is 1.67. The molecule has 172 valence electrons. The van der Waals surface area contributed by atoms with Crippen LogP contribution in [-0.4, -0.2) is 50.8 Å². The third-order valence-electron chi connectivity index (χ3n) is 5.01. The number of hydrogen-bond acceptors (Lipinski definition) is 9. The van der Waals surface area contributed by atoms with Crippen molar-refractivity contribution in [2.24, 2.45) is 5.10 Å². The Morgan fingerprint density at radius 2 is 1.94 bits per heavy atom. The van der Waals surface area contributed by atoms with Crippen LogP contribution in [0.2, 0.25) is 0 Å². The largest absolute Gasteiger partial charge is 0.378 e. The Hall–Kier alpha value is -3.35. The van der Waals surface area contributed by atoms with Gasteiger partial charge < -0.3 is 9.64 Å². The maximum atomic E-state index is 12.6. The van der Waals surface area contributed by atoms with Crippen molar-refractivity contribution in [2.75, 3.05) is 31.2 Å². The van der Waals surface area contributed by atoms with Crippen molar-refractivity contribution in [1.82, 2.24) is 9.82 Å². The zero-order valence-corrected chi connectivity index (χ0v) is 19.3. The highest BCUT2D eigenvalue weighted by Crippen LogP contribution is 2.32. The molecule has 1 aliphatic heterocycles. The first-order chi connectivity index (χ1) is 15.8. The number of ether oxygens (including phenoxy) is 1. The van der Waals surface area contributed by atoms with Crippen LogP contribution >= 0.6 is 11.3 Å². The topological polar surface area (TPSA) is 127 Å². The van der Waals surface area contributed by atoms with Crippen molar-refractivity contribution < 1.29 is 18.1 Å². The van der Waals surface area contributed by atoms with Gasteiger partial charge in [-0.2, -0.15) is 13.5 Å². The van der Waals surface area contributed by atoms with Gasteiger partial charge in [-0.15, -0.1) is 0 Å². The Kier molecular flexibility index (Phi) is 6.67. The highest BCUT2D eigenvalue weighted by molar-refractivity contribution is 7.89. The molecule has 1 aliphatic rings. The van der Waals surface area contributed by atoms with E-state index in [9.17, 15) is 18.5 Å². The summed E-state index contributed by atoms with van der Waals surface area (Å²) in [5.74, 6) is 0. The van der Waals surface area contributed by atoms with E-state index in [2.05, 4.69) is 14.8 Å². The van der Waals surface area contributed by atoms with E-state index in [0.29, 0.717) is 29.3 Å². The summed E-state index contributed by atoms with van der Waals surface area (Å²) in [5, 5.41) is 15.9. The minimum absolute atomic E-state index is 0.237. The average molecular weight is 488 g/mol. The number of anilines is 1. The van der Waals surface area contributed by atoms with Crippen LogP contribution in [0.1, 0.15) is 10.4 Å². The van der Waals surface area contributed by atoms with Crippen LogP contribution < -0.4 is 9.73 Å². The number of aromatic nitrogens is 1. The van der Waals surface area contributed by atoms with E-state index in [0.717, 1.165) is 29.9 Å². The molecule has 2 aromatic carbocycles. The molecule has 4 rings (SSSR count). The SMILES string of the molecule is Cc1ccc(S(=O)(=O)N/N=C/c2sc(N3CCOCC3)nc2-c2ccccc2)cc1[N+](=O)[O-]. The smallest absolute Gasteiger partial charge is 0.276 e. The first-order valence-electron chi connectivity index (χ1n) is 10.0. The highest BCUT2D eigenvalue weighted by Gasteiger charge is 2.21. The third kappa shape index (κ3) is 5.18. The van der Waals surface area contributed by atoms with E-state index >= 15 is 0 Å². The summed E-state index contributed by atoms with van der Waals surface area (Å²) in [6.07, 6.45) is 1.41. The van der Waals surface area contributed by atoms with E-state index in [4.69, 9.17) is 9.72 Å². The second-order valence-electron chi connectivity index (χ2n) is 7.23. The van der Waals surface area contributed by atoms with Crippen molar-refractivity contribution >= 4 is 38.4 Å². The first-order valence-corrected chi connectivity index (χ1v) is 12.3. The summed E-state index contributed by atoms with van der Waals surface area (Å²) in [6, 6.07) is 13.3. The Morgan fingerprint density at radius 3 is 2.64 bits per heavy atom. The second-order valence-corrected chi connectivity index (χ2v) is 9.90. The molecule has 2 heterocycles. The molecular formula is C21H21N5O5S2. The summed E-state index contributed by atoms with van der Waals surface area (Å²) in [7, 11) is -4.09. The van der Waals surface area contributed by atoms with Crippen LogP contribution in [0.4, 0.5) is 10.8 Å². The Labute approximate surface area is 194 Å². The number of nitrogens with one attached hydrogen (secondary N) is 1. The number of hydrogen-bond donors (Lipinski definition) is 1. The minimum Gasteiger partial charge on any atom is -0.378 e. The lowest BCUT2D eigenvalue weighted by Crippen LogP contribution is -2.36. The number of thiazole rings is 1. The van der Waals surface area contributed by atoms with Crippen molar-refractivity contribution in [3.05, 3.63) is 69.1 Å². The van der Waals surface area contributed by atoms with Gasteiger partial charge in [-0.05, 0) is 13.0 Å². The van der Waals surface area contributed by atoms with Gasteiger partial charge in [0, 0.05) is 30.3 Å². The van der Waals surface area contributed by atoms with Crippen LogP contribution in [0.5, 0.6) is 0 Å². The zero-order valence-electron chi connectivity index (χ0n) is 17.7. The number of aryl methyl sites for hydroxylation is 1. The summed E-state index contributed by atoms with van der Waals surface area (Å²) in [6.45, 7) is 4.22. The second kappa shape index (κ2) is 9.65. The number of rotatable bonds is 7. The third-order valence-corrected chi connectivity index (χ3v) is 7.28. The van der Waals surface area contributed by atoms with Crippen LogP contribution in [0.25, 0.3) is 11.3 Å². The van der Waals surface area contributed by atoms with E-state index in [1.807, 2.05) is 30.3 Å². The lowest BCUT2D eigenvalue weighted by atomic mass is 10.1. The van der Waals surface area contributed by atoms with Crippen LogP contribution in [0.15, 0.2) is 58.5 Å². The summed E-state index contributed by atoms with van der Waals surface area (Å²) >= 11 is 1.40. The van der Waals surface area contributed by atoms with Gasteiger partial charge >= 0.3 is 0 Å². The van der Waals surface area contributed by atoms with E-state index in [-0.39, 0.29) is 10.6 Å². The molecule has 0 spiro atoms. The molecule has 1 N–H and O–H groups in total. The molecule has 0 bridgehead atoms. The van der Waals surface area contributed by atoms with Gasteiger partial charge in [0.25, 0.3) is 15.7 Å². The number of nitro benzene ring substituents is 1. The van der Waals surface area contributed by atoms with Gasteiger partial charge in [0.2, 0.25) is 0 Å². The Morgan fingerprint density at radius 1 is 1.21 bits per heavy atom. The molecule has 0 radical (unpaired) electrons. The maximum absolute atomic E-state index is 12.6. The van der Waals surface area contributed by atoms with Crippen molar-refractivity contribution in [2.45, 2.75) is 11.8 Å². The predicted octanol–water partition coefficient (Wildman–Crippen LogP) is 3.18. The zero-order chi connectivity index (χ0) is 23.4. The number of benzene rings is 2. The lowest BCUT2D eigenvalue weighted by molar-refractivity contribution is -0.385. The average Bonchev–Trinajstić information content (AvgIpc) is 3.24. The standard InChI is InChI=1S/C21H21N5O5S2/c1-15-7-8-17(13-18(15)26(27)28)33(29,30)24-22-14-19-20(16-5-3-2-4-6-16)23-21(32-19)25-9-11-31-12-10-25/h2-8,13-14,24H,9-12H2,1H3/b22-14+. The molecule has 0 amide bonds. The molecule has 0 aliphatic carbocycles. The molecule has 3 aromatic rings. The molecule has 0 atom stereocenters. The molecule has 12 heteroatoms. The Bertz CT molecular complexity index is 1290. The van der Waals surface area contributed by atoms with Crippen LogP contribution in [0.3, 0.4) is 0 Å². The van der Waals surface area contributed by atoms with Gasteiger partial charge in [-0.25, -0.2) is 9.82 Å². The van der Waals surface area contributed by atoms with Gasteiger partial charge in [0.15, 0.2) is 5.13 Å². The van der Waals surface area contributed by atoms with Crippen LogP contribution in [-0.2, 0) is 14.8 Å². The van der Waals surface area contributed by atoms with Crippen LogP contribution in [0, 0.1) is 17.0 Å². The van der Waals surface area contributed by atoms with Crippen molar-refractivity contribution in [3.8, 4) is 11.3 Å². The van der Waals surface area contributed by atoms with Gasteiger partial charge in [-0.1, -0.05) is 47.7 Å². The quantitative estimate of drug-likeness (QED) is 0.308. The highest BCUT2D eigenvalue weighted by atomic mass is 32.2. The molecular weight excluding hydrogens is 466 g/mol. The van der Waals surface area contributed by atoms with Gasteiger partial charge in [-0.3, -0.25) is 10.1 Å². The summed E-state index contributed by atoms with van der Waals surface area (Å²) in [4.78, 5) is 20.0. The minimum atomic E-state index is -4.09. The maximum Gasteiger partial charge on any atom is 0.276 e. The fourth-order valence-corrected chi connectivity index (χ4v) is 5.08. The number of nitrogens with zero attached hydrogens (tertiary/aromatic N) is 4. The molecule has 33 heavy (non-hydrogen) atoms. The fourth-order valence-electron chi connectivity index (χ4n) is 3.26. The molecule has 0 unspecified atom stereocenters. The molecule has 1 fully saturated rings. The molecule has 0 saturated carbocycles. The number of hydrazone groups is 1. The summed E-state index contributed by atoms with van der Waals surface area (Å²) < 4.78 is 30.7. The van der Waals surface area contributed by atoms with E-state index in [1.54, 1.807) is 6.92 Å². The van der Waals surface area contributed by atoms with E-state index in [1.165, 1.54) is 29.7 Å². The molecule has 1 aromatic heterocycles. The predicted molar refractivity (Wildman–Crippen MR) is 126 cm³/mol. The Balaban J connectivity index is 1.61. The first kappa shape index (κ1) is 22.8. The molecule has 1 saturated heterocycles. The number of morpholine rings is 1.